The van der Waals surface area contributed by atoms with Crippen LogP contribution in [0.4, 0.5) is 0 Å². The smallest absolute Gasteiger partial charge is 0.338 e. The highest BCUT2D eigenvalue weighted by atomic mass is 79.9. The van der Waals surface area contributed by atoms with Crippen molar-refractivity contribution in [3.8, 4) is 0 Å². The summed E-state index contributed by atoms with van der Waals surface area (Å²) in [5.74, 6) is 0.151. The summed E-state index contributed by atoms with van der Waals surface area (Å²) in [7, 11) is -3.76. The molecule has 140 valence electrons. The van der Waals surface area contributed by atoms with Crippen molar-refractivity contribution in [1.29, 1.82) is 0 Å². The average molecular weight is 443 g/mol. The molecule has 26 heavy (non-hydrogen) atoms. The molecule has 9 heteroatoms. The first-order valence-electron chi connectivity index (χ1n) is 8.26. The number of halogens is 1. The van der Waals surface area contributed by atoms with E-state index in [1.54, 1.807) is 19.9 Å². The largest absolute Gasteiger partial charge is 0.462 e. The molecule has 1 saturated heterocycles. The van der Waals surface area contributed by atoms with Crippen LogP contribution in [-0.2, 0) is 14.8 Å². The lowest BCUT2D eigenvalue weighted by molar-refractivity contribution is 0.0526. The number of hydrogen-bond donors (Lipinski definition) is 0. The maximum Gasteiger partial charge on any atom is 0.338 e. The molecular formula is C17H19BrN2O5S. The SMILES string of the molecule is CCOC(=O)c1ccc(S(=O)(=O)N2CCC[C@H]2c2cc(C)on2)c(Br)c1. The Hall–Kier alpha value is -1.71. The lowest BCUT2D eigenvalue weighted by atomic mass is 10.1. The zero-order valence-corrected chi connectivity index (χ0v) is 16.8. The Balaban J connectivity index is 1.93. The molecule has 0 bridgehead atoms. The predicted molar refractivity (Wildman–Crippen MR) is 97.2 cm³/mol. The van der Waals surface area contributed by atoms with Gasteiger partial charge in [-0.1, -0.05) is 5.16 Å². The van der Waals surface area contributed by atoms with Gasteiger partial charge in [-0.2, -0.15) is 4.31 Å². The van der Waals surface area contributed by atoms with Gasteiger partial charge in [0.1, 0.15) is 11.5 Å². The second-order valence-electron chi connectivity index (χ2n) is 6.00. The fraction of sp³-hybridized carbons (Fsp3) is 0.412. The summed E-state index contributed by atoms with van der Waals surface area (Å²) < 4.78 is 38.2. The Bertz CT molecular complexity index is 925. The van der Waals surface area contributed by atoms with Crippen LogP contribution in [0.15, 0.2) is 38.2 Å². The molecule has 0 N–H and O–H groups in total. The van der Waals surface area contributed by atoms with Crippen molar-refractivity contribution in [3.05, 3.63) is 45.8 Å². The summed E-state index contributed by atoms with van der Waals surface area (Å²) in [5, 5.41) is 3.98. The standard InChI is InChI=1S/C17H19BrN2O5S/c1-3-24-17(21)12-6-7-16(13(18)10-12)26(22,23)20-8-4-5-15(20)14-9-11(2)25-19-14/h6-7,9-10,15H,3-5,8H2,1-2H3/t15-/m0/s1. The number of carbonyl (C=O) groups excluding carboxylic acids is 1. The topological polar surface area (TPSA) is 89.7 Å². The first-order valence-corrected chi connectivity index (χ1v) is 10.5. The number of benzene rings is 1. The molecular weight excluding hydrogens is 424 g/mol. The quantitative estimate of drug-likeness (QED) is 0.658. The molecule has 2 aromatic rings. The zero-order chi connectivity index (χ0) is 18.9. The van der Waals surface area contributed by atoms with Gasteiger partial charge in [-0.15, -0.1) is 0 Å². The molecule has 0 amide bonds. The van der Waals surface area contributed by atoms with Gasteiger partial charge >= 0.3 is 5.97 Å². The van der Waals surface area contributed by atoms with Gasteiger partial charge in [0.25, 0.3) is 0 Å². The molecule has 1 fully saturated rings. The van der Waals surface area contributed by atoms with Crippen LogP contribution in [-0.4, -0.2) is 37.0 Å². The zero-order valence-electron chi connectivity index (χ0n) is 14.4. The van der Waals surface area contributed by atoms with Crippen LogP contribution in [0.2, 0.25) is 0 Å². The average Bonchev–Trinajstić information content (AvgIpc) is 3.23. The molecule has 7 nitrogen and oxygen atoms in total. The molecule has 1 aliphatic heterocycles. The monoisotopic (exact) mass is 442 g/mol. The van der Waals surface area contributed by atoms with E-state index in [9.17, 15) is 13.2 Å². The molecule has 1 aliphatic rings. The van der Waals surface area contributed by atoms with Gasteiger partial charge in [-0.25, -0.2) is 13.2 Å². The molecule has 0 unspecified atom stereocenters. The van der Waals surface area contributed by atoms with Gasteiger partial charge in [0.2, 0.25) is 10.0 Å². The molecule has 0 radical (unpaired) electrons. The third-order valence-corrected chi connectivity index (χ3v) is 7.11. The highest BCUT2D eigenvalue weighted by Gasteiger charge is 2.38. The second-order valence-corrected chi connectivity index (χ2v) is 8.72. The first-order chi connectivity index (χ1) is 12.3. The van der Waals surface area contributed by atoms with E-state index in [1.165, 1.54) is 22.5 Å². The minimum absolute atomic E-state index is 0.109. The Morgan fingerprint density at radius 3 is 2.81 bits per heavy atom. The number of aryl methyl sites for hydroxylation is 1. The molecule has 1 aromatic carbocycles. The molecule has 0 aliphatic carbocycles. The third-order valence-electron chi connectivity index (χ3n) is 4.22. The van der Waals surface area contributed by atoms with Crippen LogP contribution in [0.5, 0.6) is 0 Å². The summed E-state index contributed by atoms with van der Waals surface area (Å²) in [6, 6.07) is 5.76. The van der Waals surface area contributed by atoms with E-state index in [1.807, 2.05) is 0 Å². The normalized spacial score (nSPS) is 18.2. The highest BCUT2D eigenvalue weighted by Crippen LogP contribution is 2.38. The van der Waals surface area contributed by atoms with Crippen molar-refractivity contribution in [3.63, 3.8) is 0 Å². The predicted octanol–water partition coefficient (Wildman–Crippen LogP) is 3.45. The van der Waals surface area contributed by atoms with E-state index in [0.29, 0.717) is 34.5 Å². The van der Waals surface area contributed by atoms with Crippen molar-refractivity contribution >= 4 is 31.9 Å². The van der Waals surface area contributed by atoms with Gasteiger partial charge in [0.05, 0.1) is 23.1 Å². The van der Waals surface area contributed by atoms with Crippen molar-refractivity contribution < 1.29 is 22.5 Å². The van der Waals surface area contributed by atoms with Gasteiger partial charge < -0.3 is 9.26 Å². The van der Waals surface area contributed by atoms with E-state index >= 15 is 0 Å². The van der Waals surface area contributed by atoms with Crippen LogP contribution in [0, 0.1) is 6.92 Å². The van der Waals surface area contributed by atoms with Crippen LogP contribution in [0.3, 0.4) is 0 Å². The van der Waals surface area contributed by atoms with Gasteiger partial charge in [0.15, 0.2) is 0 Å². The number of hydrogen-bond acceptors (Lipinski definition) is 6. The lowest BCUT2D eigenvalue weighted by Crippen LogP contribution is -2.31. The van der Waals surface area contributed by atoms with Gasteiger partial charge in [0, 0.05) is 17.1 Å². The second kappa shape index (κ2) is 7.50. The first kappa shape index (κ1) is 19.1. The number of rotatable bonds is 5. The van der Waals surface area contributed by atoms with Crippen LogP contribution in [0.1, 0.15) is 47.6 Å². The van der Waals surface area contributed by atoms with Crippen molar-refractivity contribution in [2.45, 2.75) is 37.6 Å². The van der Waals surface area contributed by atoms with E-state index in [2.05, 4.69) is 21.1 Å². The Labute approximate surface area is 160 Å². The molecule has 0 spiro atoms. The summed E-state index contributed by atoms with van der Waals surface area (Å²) in [4.78, 5) is 11.9. The third kappa shape index (κ3) is 3.56. The Morgan fingerprint density at radius 2 is 2.19 bits per heavy atom. The summed E-state index contributed by atoms with van der Waals surface area (Å²) in [6.07, 6.45) is 1.43. The van der Waals surface area contributed by atoms with Crippen LogP contribution < -0.4 is 0 Å². The number of aromatic nitrogens is 1. The number of sulfonamides is 1. The number of carbonyl (C=O) groups is 1. The summed E-state index contributed by atoms with van der Waals surface area (Å²) in [6.45, 7) is 4.15. The molecule has 1 atom stereocenters. The lowest BCUT2D eigenvalue weighted by Gasteiger charge is -2.23. The van der Waals surface area contributed by atoms with Crippen molar-refractivity contribution in [2.24, 2.45) is 0 Å². The summed E-state index contributed by atoms with van der Waals surface area (Å²) >= 11 is 3.28. The molecule has 1 aromatic heterocycles. The number of nitrogens with zero attached hydrogens (tertiary/aromatic N) is 2. The maximum absolute atomic E-state index is 13.2. The van der Waals surface area contributed by atoms with Crippen LogP contribution >= 0.6 is 15.9 Å². The van der Waals surface area contributed by atoms with Crippen molar-refractivity contribution in [1.82, 2.24) is 9.46 Å². The Morgan fingerprint density at radius 1 is 1.42 bits per heavy atom. The van der Waals surface area contributed by atoms with E-state index in [0.717, 1.165) is 6.42 Å². The molecule has 3 rings (SSSR count). The van der Waals surface area contributed by atoms with E-state index in [4.69, 9.17) is 9.26 Å². The number of ether oxygens (including phenoxy) is 1. The van der Waals surface area contributed by atoms with Crippen molar-refractivity contribution in [2.75, 3.05) is 13.2 Å². The van der Waals surface area contributed by atoms with E-state index in [-0.39, 0.29) is 17.5 Å². The maximum atomic E-state index is 13.2. The fourth-order valence-electron chi connectivity index (χ4n) is 3.04. The molecule has 2 heterocycles. The van der Waals surface area contributed by atoms with Gasteiger partial charge in [-0.3, -0.25) is 0 Å². The van der Waals surface area contributed by atoms with E-state index < -0.39 is 16.0 Å². The van der Waals surface area contributed by atoms with Gasteiger partial charge in [-0.05, 0) is 60.8 Å². The Kier molecular flexibility index (Phi) is 5.50. The summed E-state index contributed by atoms with van der Waals surface area (Å²) in [5.41, 5.74) is 0.908. The fourth-order valence-corrected chi connectivity index (χ4v) is 5.75. The highest BCUT2D eigenvalue weighted by molar-refractivity contribution is 9.10. The molecule has 0 saturated carbocycles. The number of esters is 1. The minimum atomic E-state index is -3.76. The minimum Gasteiger partial charge on any atom is -0.462 e. The van der Waals surface area contributed by atoms with Crippen LogP contribution in [0.25, 0.3) is 0 Å².